The van der Waals surface area contributed by atoms with E-state index in [1.807, 2.05) is 31.2 Å². The van der Waals surface area contributed by atoms with E-state index in [1.165, 1.54) is 0 Å². The van der Waals surface area contributed by atoms with E-state index >= 15 is 0 Å². The smallest absolute Gasteiger partial charge is 0.265 e. The van der Waals surface area contributed by atoms with E-state index in [2.05, 4.69) is 16.3 Å². The Labute approximate surface area is 170 Å². The number of amides is 1. The molecule has 0 aromatic heterocycles. The first kappa shape index (κ1) is 20.5. The molecule has 1 atom stereocenters. The molecule has 2 aromatic rings. The van der Waals surface area contributed by atoms with Gasteiger partial charge in [0.05, 0.1) is 31.5 Å². The van der Waals surface area contributed by atoms with Crippen LogP contribution < -0.4 is 19.7 Å². The molecule has 1 fully saturated rings. The minimum Gasteiger partial charge on any atom is -0.490 e. The van der Waals surface area contributed by atoms with Crippen molar-refractivity contribution in [2.75, 3.05) is 43.1 Å². The maximum absolute atomic E-state index is 12.5. The van der Waals surface area contributed by atoms with Crippen molar-refractivity contribution >= 4 is 17.3 Å². The summed E-state index contributed by atoms with van der Waals surface area (Å²) in [5, 5.41) is 11.9. The molecule has 1 heterocycles. The van der Waals surface area contributed by atoms with Gasteiger partial charge < -0.3 is 24.4 Å². The number of hydrogen-bond acceptors (Lipinski definition) is 6. The van der Waals surface area contributed by atoms with Crippen molar-refractivity contribution in [2.45, 2.75) is 20.0 Å². The van der Waals surface area contributed by atoms with Crippen LogP contribution in [-0.2, 0) is 9.53 Å². The molecule has 7 heteroatoms. The molecule has 2 aromatic carbocycles. The molecule has 1 aliphatic heterocycles. The van der Waals surface area contributed by atoms with Gasteiger partial charge in [0, 0.05) is 30.5 Å². The Morgan fingerprint density at radius 2 is 1.93 bits per heavy atom. The van der Waals surface area contributed by atoms with Crippen LogP contribution in [0.2, 0.25) is 0 Å². The SMILES string of the molecule is CCOc1cc(C#N)ccc1O[C@@H](C)C(=O)Nc1ccc(N2CCOCC2)cc1. The Bertz CT molecular complexity index is 871. The summed E-state index contributed by atoms with van der Waals surface area (Å²) in [5.41, 5.74) is 2.28. The van der Waals surface area contributed by atoms with Gasteiger partial charge in [-0.1, -0.05) is 0 Å². The Balaban J connectivity index is 1.61. The average molecular weight is 395 g/mol. The van der Waals surface area contributed by atoms with Gasteiger partial charge in [-0.25, -0.2) is 0 Å². The summed E-state index contributed by atoms with van der Waals surface area (Å²) in [6.45, 7) is 7.14. The number of nitrogens with zero attached hydrogens (tertiary/aromatic N) is 2. The highest BCUT2D eigenvalue weighted by Crippen LogP contribution is 2.29. The quantitative estimate of drug-likeness (QED) is 0.775. The Kier molecular flexibility index (Phi) is 6.93. The van der Waals surface area contributed by atoms with Crippen LogP contribution in [0.15, 0.2) is 42.5 Å². The van der Waals surface area contributed by atoms with Gasteiger partial charge in [-0.3, -0.25) is 4.79 Å². The summed E-state index contributed by atoms with van der Waals surface area (Å²) in [7, 11) is 0. The van der Waals surface area contributed by atoms with Crippen LogP contribution >= 0.6 is 0 Å². The number of carbonyl (C=O) groups is 1. The molecule has 1 amide bonds. The van der Waals surface area contributed by atoms with Gasteiger partial charge in [-0.05, 0) is 50.2 Å². The van der Waals surface area contributed by atoms with Gasteiger partial charge in [0.1, 0.15) is 0 Å². The van der Waals surface area contributed by atoms with Gasteiger partial charge in [-0.15, -0.1) is 0 Å². The molecule has 152 valence electrons. The highest BCUT2D eigenvalue weighted by molar-refractivity contribution is 5.94. The van der Waals surface area contributed by atoms with Crippen molar-refractivity contribution in [1.82, 2.24) is 0 Å². The molecule has 1 N–H and O–H groups in total. The van der Waals surface area contributed by atoms with E-state index in [0.29, 0.717) is 29.4 Å². The van der Waals surface area contributed by atoms with Crippen LogP contribution in [0, 0.1) is 11.3 Å². The lowest BCUT2D eigenvalue weighted by atomic mass is 10.2. The van der Waals surface area contributed by atoms with Crippen molar-refractivity contribution in [3.63, 3.8) is 0 Å². The van der Waals surface area contributed by atoms with E-state index in [-0.39, 0.29) is 5.91 Å². The summed E-state index contributed by atoms with van der Waals surface area (Å²) in [5.74, 6) is 0.605. The summed E-state index contributed by atoms with van der Waals surface area (Å²) in [6.07, 6.45) is -0.735. The topological polar surface area (TPSA) is 83.8 Å². The van der Waals surface area contributed by atoms with Crippen molar-refractivity contribution in [2.24, 2.45) is 0 Å². The lowest BCUT2D eigenvalue weighted by Crippen LogP contribution is -2.36. The van der Waals surface area contributed by atoms with Crippen LogP contribution in [0.1, 0.15) is 19.4 Å². The molecule has 0 radical (unpaired) electrons. The highest BCUT2D eigenvalue weighted by Gasteiger charge is 2.18. The first-order valence-electron chi connectivity index (χ1n) is 9.68. The van der Waals surface area contributed by atoms with Crippen LogP contribution in [-0.4, -0.2) is 44.9 Å². The molecule has 29 heavy (non-hydrogen) atoms. The largest absolute Gasteiger partial charge is 0.490 e. The maximum atomic E-state index is 12.5. The van der Waals surface area contributed by atoms with Gasteiger partial charge in [0.25, 0.3) is 5.91 Å². The van der Waals surface area contributed by atoms with Gasteiger partial charge in [0.15, 0.2) is 17.6 Å². The third-order valence-corrected chi connectivity index (χ3v) is 4.56. The molecule has 0 unspecified atom stereocenters. The van der Waals surface area contributed by atoms with Gasteiger partial charge >= 0.3 is 0 Å². The fraction of sp³-hybridized carbons (Fsp3) is 0.364. The first-order chi connectivity index (χ1) is 14.1. The molecule has 1 aliphatic rings. The van der Waals surface area contributed by atoms with Crippen LogP contribution in [0.3, 0.4) is 0 Å². The second kappa shape index (κ2) is 9.80. The molecular formula is C22H25N3O4. The zero-order chi connectivity index (χ0) is 20.6. The van der Waals surface area contributed by atoms with Crippen LogP contribution in [0.5, 0.6) is 11.5 Å². The van der Waals surface area contributed by atoms with Crippen LogP contribution in [0.25, 0.3) is 0 Å². The van der Waals surface area contributed by atoms with Crippen molar-refractivity contribution in [1.29, 1.82) is 5.26 Å². The summed E-state index contributed by atoms with van der Waals surface area (Å²) in [6, 6.07) is 14.7. The number of anilines is 2. The number of benzene rings is 2. The standard InChI is InChI=1S/C22H25N3O4/c1-3-28-21-14-17(15-23)4-9-20(21)29-16(2)22(26)24-18-5-7-19(8-6-18)25-10-12-27-13-11-25/h4-9,14,16H,3,10-13H2,1-2H3,(H,24,26)/t16-/m0/s1. The van der Waals surface area contributed by atoms with E-state index < -0.39 is 6.10 Å². The predicted molar refractivity (Wildman–Crippen MR) is 111 cm³/mol. The molecule has 0 aliphatic carbocycles. The lowest BCUT2D eigenvalue weighted by molar-refractivity contribution is -0.122. The number of nitrogens with one attached hydrogen (secondary N) is 1. The molecule has 0 bridgehead atoms. The second-order valence-corrected chi connectivity index (χ2v) is 6.60. The normalized spacial score (nSPS) is 14.6. The summed E-state index contributed by atoms with van der Waals surface area (Å²) < 4.78 is 16.7. The van der Waals surface area contributed by atoms with Crippen molar-refractivity contribution in [3.05, 3.63) is 48.0 Å². The summed E-state index contributed by atoms with van der Waals surface area (Å²) >= 11 is 0. The van der Waals surface area contributed by atoms with Crippen molar-refractivity contribution in [3.8, 4) is 17.6 Å². The van der Waals surface area contributed by atoms with E-state index in [0.717, 1.165) is 32.0 Å². The molecule has 7 nitrogen and oxygen atoms in total. The fourth-order valence-corrected chi connectivity index (χ4v) is 3.01. The maximum Gasteiger partial charge on any atom is 0.265 e. The molecule has 0 saturated carbocycles. The molecule has 3 rings (SSSR count). The average Bonchev–Trinajstić information content (AvgIpc) is 2.76. The number of carbonyl (C=O) groups excluding carboxylic acids is 1. The zero-order valence-corrected chi connectivity index (χ0v) is 16.7. The van der Waals surface area contributed by atoms with E-state index in [4.69, 9.17) is 19.5 Å². The molecule has 0 spiro atoms. The first-order valence-corrected chi connectivity index (χ1v) is 9.68. The van der Waals surface area contributed by atoms with E-state index in [1.54, 1.807) is 25.1 Å². The minimum absolute atomic E-state index is 0.268. The lowest BCUT2D eigenvalue weighted by Gasteiger charge is -2.29. The van der Waals surface area contributed by atoms with Crippen LogP contribution in [0.4, 0.5) is 11.4 Å². The Hall–Kier alpha value is -3.24. The predicted octanol–water partition coefficient (Wildman–Crippen LogP) is 3.20. The molecule has 1 saturated heterocycles. The molecular weight excluding hydrogens is 370 g/mol. The number of hydrogen-bond donors (Lipinski definition) is 1. The third-order valence-electron chi connectivity index (χ3n) is 4.56. The summed E-state index contributed by atoms with van der Waals surface area (Å²) in [4.78, 5) is 14.8. The number of morpholine rings is 1. The fourth-order valence-electron chi connectivity index (χ4n) is 3.01. The highest BCUT2D eigenvalue weighted by atomic mass is 16.5. The Morgan fingerprint density at radius 3 is 2.59 bits per heavy atom. The van der Waals surface area contributed by atoms with Gasteiger partial charge in [0.2, 0.25) is 0 Å². The third kappa shape index (κ3) is 5.39. The monoisotopic (exact) mass is 395 g/mol. The minimum atomic E-state index is -0.735. The number of ether oxygens (including phenoxy) is 3. The Morgan fingerprint density at radius 1 is 1.21 bits per heavy atom. The van der Waals surface area contributed by atoms with Crippen molar-refractivity contribution < 1.29 is 19.0 Å². The van der Waals surface area contributed by atoms with E-state index in [9.17, 15) is 4.79 Å². The number of rotatable bonds is 7. The van der Waals surface area contributed by atoms with Gasteiger partial charge in [-0.2, -0.15) is 5.26 Å². The number of nitriles is 1. The zero-order valence-electron chi connectivity index (χ0n) is 16.7. The second-order valence-electron chi connectivity index (χ2n) is 6.60.